The number of hydrogen-bond donors (Lipinski definition) is 1. The first-order valence-corrected chi connectivity index (χ1v) is 5.17. The van der Waals surface area contributed by atoms with Gasteiger partial charge in [0.25, 0.3) is 0 Å². The number of carbonyl (C=O) groups is 1. The van der Waals surface area contributed by atoms with Crippen LogP contribution in [0.4, 0.5) is 0 Å². The van der Waals surface area contributed by atoms with Gasteiger partial charge in [0.15, 0.2) is 0 Å². The molecule has 0 aromatic rings. The van der Waals surface area contributed by atoms with E-state index in [9.17, 15) is 4.79 Å². The van der Waals surface area contributed by atoms with Gasteiger partial charge in [-0.15, -0.1) is 12.4 Å². The number of nitrogens with two attached hydrogens (primary N) is 1. The molecule has 1 saturated heterocycles. The van der Waals surface area contributed by atoms with Gasteiger partial charge in [-0.2, -0.15) is 0 Å². The molecule has 0 radical (unpaired) electrons. The molecular formula is C10H19ClN2O. The Hall–Kier alpha value is -0.280. The van der Waals surface area contributed by atoms with Crippen molar-refractivity contribution in [2.75, 3.05) is 13.1 Å². The molecule has 1 aliphatic heterocycles. The summed E-state index contributed by atoms with van der Waals surface area (Å²) in [6.45, 7) is 3.76. The molecule has 0 spiro atoms. The van der Waals surface area contributed by atoms with E-state index in [1.165, 1.54) is 0 Å². The van der Waals surface area contributed by atoms with E-state index in [2.05, 4.69) is 6.92 Å². The largest absolute Gasteiger partial charge is 0.341 e. The van der Waals surface area contributed by atoms with Gasteiger partial charge in [0.05, 0.1) is 0 Å². The van der Waals surface area contributed by atoms with Gasteiger partial charge >= 0.3 is 0 Å². The lowest BCUT2D eigenvalue weighted by Gasteiger charge is -2.32. The van der Waals surface area contributed by atoms with Gasteiger partial charge in [-0.3, -0.25) is 4.79 Å². The van der Waals surface area contributed by atoms with Gasteiger partial charge in [-0.05, 0) is 25.7 Å². The van der Waals surface area contributed by atoms with Crippen molar-refractivity contribution < 1.29 is 4.79 Å². The van der Waals surface area contributed by atoms with Gasteiger partial charge < -0.3 is 10.6 Å². The molecule has 3 nitrogen and oxygen atoms in total. The van der Waals surface area contributed by atoms with E-state index in [0.717, 1.165) is 38.8 Å². The van der Waals surface area contributed by atoms with Crippen LogP contribution in [0.15, 0.2) is 0 Å². The minimum Gasteiger partial charge on any atom is -0.341 e. The van der Waals surface area contributed by atoms with Crippen molar-refractivity contribution in [3.8, 4) is 0 Å². The smallest absolute Gasteiger partial charge is 0.228 e. The van der Waals surface area contributed by atoms with E-state index in [1.54, 1.807) is 0 Å². The zero-order chi connectivity index (χ0) is 9.47. The Morgan fingerprint density at radius 1 is 1.50 bits per heavy atom. The predicted molar refractivity (Wildman–Crippen MR) is 58.4 cm³/mol. The second-order valence-electron chi connectivity index (χ2n) is 4.71. The van der Waals surface area contributed by atoms with E-state index >= 15 is 0 Å². The second kappa shape index (κ2) is 4.07. The zero-order valence-corrected chi connectivity index (χ0v) is 9.48. The number of likely N-dealkylation sites (tertiary alicyclic amines) is 1. The third-order valence-corrected chi connectivity index (χ3v) is 3.26. The van der Waals surface area contributed by atoms with Crippen LogP contribution in [0.1, 0.15) is 32.6 Å². The number of hydrogen-bond acceptors (Lipinski definition) is 2. The Bertz CT molecular complexity index is 228. The highest BCUT2D eigenvalue weighted by Gasteiger charge is 2.47. The van der Waals surface area contributed by atoms with Crippen molar-refractivity contribution in [2.45, 2.75) is 38.6 Å². The fraction of sp³-hybridized carbons (Fsp3) is 0.900. The van der Waals surface area contributed by atoms with Crippen LogP contribution in [0.2, 0.25) is 0 Å². The summed E-state index contributed by atoms with van der Waals surface area (Å²) in [7, 11) is 0. The van der Waals surface area contributed by atoms with Gasteiger partial charge in [0.2, 0.25) is 5.91 Å². The molecule has 0 unspecified atom stereocenters. The van der Waals surface area contributed by atoms with Crippen LogP contribution in [-0.2, 0) is 4.79 Å². The summed E-state index contributed by atoms with van der Waals surface area (Å²) in [5, 5.41) is 0. The lowest BCUT2D eigenvalue weighted by Crippen LogP contribution is -2.47. The molecule has 0 bridgehead atoms. The average molecular weight is 219 g/mol. The number of amides is 1. The number of rotatable bonds is 1. The maximum Gasteiger partial charge on any atom is 0.228 e. The third-order valence-electron chi connectivity index (χ3n) is 3.26. The van der Waals surface area contributed by atoms with Gasteiger partial charge in [0, 0.05) is 24.5 Å². The number of nitrogens with zero attached hydrogens (tertiary/aromatic N) is 1. The van der Waals surface area contributed by atoms with E-state index in [-0.39, 0.29) is 23.9 Å². The lowest BCUT2D eigenvalue weighted by molar-refractivity contribution is -0.137. The Morgan fingerprint density at radius 3 is 2.64 bits per heavy atom. The molecule has 82 valence electrons. The van der Waals surface area contributed by atoms with E-state index in [1.807, 2.05) is 4.90 Å². The Balaban J connectivity index is 0.000000980. The van der Waals surface area contributed by atoms with Crippen molar-refractivity contribution in [1.82, 2.24) is 4.90 Å². The molecular weight excluding hydrogens is 200 g/mol. The number of piperidine rings is 1. The third kappa shape index (κ3) is 2.20. The Labute approximate surface area is 91.4 Å². The molecule has 1 aliphatic carbocycles. The standard InChI is InChI=1S/C10H18N2O.ClH/c1-10(4-5-10)9(13)12-6-2-3-8(11)7-12;/h8H,2-7,11H2,1H3;1H/t8-;/m1./s1. The summed E-state index contributed by atoms with van der Waals surface area (Å²) in [4.78, 5) is 13.9. The lowest BCUT2D eigenvalue weighted by atomic mass is 10.0. The SMILES string of the molecule is CC1(C(=O)N2CCC[C@@H](N)C2)CC1.Cl. The summed E-state index contributed by atoms with van der Waals surface area (Å²) in [6.07, 6.45) is 4.28. The quantitative estimate of drug-likeness (QED) is 0.718. The molecule has 2 rings (SSSR count). The molecule has 14 heavy (non-hydrogen) atoms. The number of carbonyl (C=O) groups excluding carboxylic acids is 1. The summed E-state index contributed by atoms with van der Waals surface area (Å²) >= 11 is 0. The van der Waals surface area contributed by atoms with Crippen molar-refractivity contribution in [3.63, 3.8) is 0 Å². The molecule has 0 aromatic carbocycles. The van der Waals surface area contributed by atoms with Crippen molar-refractivity contribution in [3.05, 3.63) is 0 Å². The summed E-state index contributed by atoms with van der Waals surface area (Å²) < 4.78 is 0. The first-order chi connectivity index (χ1) is 6.12. The van der Waals surface area contributed by atoms with Crippen LogP contribution >= 0.6 is 12.4 Å². The fourth-order valence-corrected chi connectivity index (χ4v) is 1.98. The minimum atomic E-state index is -0.0168. The van der Waals surface area contributed by atoms with Crippen LogP contribution in [0, 0.1) is 5.41 Å². The zero-order valence-electron chi connectivity index (χ0n) is 8.66. The summed E-state index contributed by atoms with van der Waals surface area (Å²) in [5.74, 6) is 0.336. The first-order valence-electron chi connectivity index (χ1n) is 5.17. The second-order valence-corrected chi connectivity index (χ2v) is 4.71. The molecule has 1 saturated carbocycles. The maximum atomic E-state index is 11.9. The predicted octanol–water partition coefficient (Wildman–Crippen LogP) is 1.16. The Morgan fingerprint density at radius 2 is 2.14 bits per heavy atom. The van der Waals surface area contributed by atoms with Gasteiger partial charge in [0.1, 0.15) is 0 Å². The minimum absolute atomic E-state index is 0. The van der Waals surface area contributed by atoms with E-state index < -0.39 is 0 Å². The van der Waals surface area contributed by atoms with Gasteiger partial charge in [-0.25, -0.2) is 0 Å². The first kappa shape index (κ1) is 11.8. The monoisotopic (exact) mass is 218 g/mol. The molecule has 1 atom stereocenters. The van der Waals surface area contributed by atoms with Crippen molar-refractivity contribution >= 4 is 18.3 Å². The highest BCUT2D eigenvalue weighted by Crippen LogP contribution is 2.46. The van der Waals surface area contributed by atoms with Crippen LogP contribution in [0.3, 0.4) is 0 Å². The molecule has 2 aliphatic rings. The van der Waals surface area contributed by atoms with E-state index in [4.69, 9.17) is 5.73 Å². The Kier molecular flexibility index (Phi) is 3.43. The van der Waals surface area contributed by atoms with Crippen LogP contribution < -0.4 is 5.73 Å². The highest BCUT2D eigenvalue weighted by atomic mass is 35.5. The summed E-state index contributed by atoms with van der Waals surface area (Å²) in [5.41, 5.74) is 5.82. The van der Waals surface area contributed by atoms with Gasteiger partial charge in [-0.1, -0.05) is 6.92 Å². The molecule has 1 heterocycles. The topological polar surface area (TPSA) is 46.3 Å². The normalized spacial score (nSPS) is 29.3. The van der Waals surface area contributed by atoms with Crippen molar-refractivity contribution in [1.29, 1.82) is 0 Å². The van der Waals surface area contributed by atoms with Crippen LogP contribution in [-0.4, -0.2) is 29.9 Å². The molecule has 2 fully saturated rings. The number of halogens is 1. The summed E-state index contributed by atoms with van der Waals surface area (Å²) in [6, 6.07) is 0.208. The van der Waals surface area contributed by atoms with Crippen molar-refractivity contribution in [2.24, 2.45) is 11.1 Å². The average Bonchev–Trinajstić information content (AvgIpc) is 2.84. The molecule has 4 heteroatoms. The van der Waals surface area contributed by atoms with Crippen LogP contribution in [0.25, 0.3) is 0 Å². The highest BCUT2D eigenvalue weighted by molar-refractivity contribution is 5.85. The molecule has 0 aromatic heterocycles. The maximum absolute atomic E-state index is 11.9. The van der Waals surface area contributed by atoms with E-state index in [0.29, 0.717) is 5.91 Å². The molecule has 2 N–H and O–H groups in total. The van der Waals surface area contributed by atoms with Crippen LogP contribution in [0.5, 0.6) is 0 Å². The fourth-order valence-electron chi connectivity index (χ4n) is 1.98. The molecule has 1 amide bonds.